The van der Waals surface area contributed by atoms with Gasteiger partial charge in [-0.15, -0.1) is 0 Å². The van der Waals surface area contributed by atoms with Gasteiger partial charge in [-0.3, -0.25) is 4.79 Å². The molecule has 2 saturated heterocycles. The molecule has 3 rings (SSSR count). The number of carbonyl (C=O) groups excluding carboxylic acids is 1. The Morgan fingerprint density at radius 3 is 2.43 bits per heavy atom. The Hall–Kier alpha value is -0.450. The van der Waals surface area contributed by atoms with Gasteiger partial charge < -0.3 is 14.2 Å². The fraction of sp³-hybridized carbons (Fsp3) is 0.941. The molecule has 3 aliphatic rings. The molecule has 0 amide bonds. The molecule has 0 aromatic carbocycles. The summed E-state index contributed by atoms with van der Waals surface area (Å²) in [5.74, 6) is 0.453. The first-order valence-electron chi connectivity index (χ1n) is 8.51. The molecule has 2 aliphatic heterocycles. The van der Waals surface area contributed by atoms with Crippen LogP contribution < -0.4 is 0 Å². The van der Waals surface area contributed by atoms with Crippen LogP contribution in [0.1, 0.15) is 57.8 Å². The highest BCUT2D eigenvalue weighted by molar-refractivity contribution is 5.89. The van der Waals surface area contributed by atoms with E-state index in [4.69, 9.17) is 14.2 Å². The van der Waals surface area contributed by atoms with Crippen LogP contribution in [0.25, 0.3) is 0 Å². The Bertz CT molecular complexity index is 361. The Balaban J connectivity index is 1.71. The van der Waals surface area contributed by atoms with E-state index in [1.807, 2.05) is 0 Å². The van der Waals surface area contributed by atoms with E-state index < -0.39 is 5.60 Å². The molecule has 21 heavy (non-hydrogen) atoms. The highest BCUT2D eigenvalue weighted by atomic mass is 16.5. The second kappa shape index (κ2) is 6.35. The predicted molar refractivity (Wildman–Crippen MR) is 79.3 cm³/mol. The van der Waals surface area contributed by atoms with Crippen molar-refractivity contribution in [1.82, 2.24) is 0 Å². The SMILES string of the molecule is COC1(C(=O)C2CCOC3(CCOCC3)C2)CCCCC1. The highest BCUT2D eigenvalue weighted by Crippen LogP contribution is 2.42. The maximum Gasteiger partial charge on any atom is 0.167 e. The highest BCUT2D eigenvalue weighted by Gasteiger charge is 2.47. The number of Topliss-reactive ketones (excluding diaryl/α,β-unsaturated/α-hetero) is 1. The molecule has 1 aliphatic carbocycles. The lowest BCUT2D eigenvalue weighted by Gasteiger charge is -2.45. The smallest absolute Gasteiger partial charge is 0.167 e. The number of ketones is 1. The van der Waals surface area contributed by atoms with Crippen LogP contribution >= 0.6 is 0 Å². The van der Waals surface area contributed by atoms with Gasteiger partial charge in [0.2, 0.25) is 0 Å². The minimum Gasteiger partial charge on any atom is -0.381 e. The average Bonchev–Trinajstić information content (AvgIpc) is 2.55. The molecule has 0 aromatic rings. The molecule has 3 fully saturated rings. The van der Waals surface area contributed by atoms with Gasteiger partial charge in [0.1, 0.15) is 5.60 Å². The van der Waals surface area contributed by atoms with Crippen molar-refractivity contribution >= 4 is 5.78 Å². The van der Waals surface area contributed by atoms with Gasteiger partial charge in [0.25, 0.3) is 0 Å². The summed E-state index contributed by atoms with van der Waals surface area (Å²) in [6.45, 7) is 2.23. The molecule has 1 spiro atoms. The van der Waals surface area contributed by atoms with E-state index in [0.717, 1.165) is 64.6 Å². The lowest BCUT2D eigenvalue weighted by molar-refractivity contribution is -0.171. The Labute approximate surface area is 127 Å². The van der Waals surface area contributed by atoms with Crippen molar-refractivity contribution in [3.63, 3.8) is 0 Å². The average molecular weight is 296 g/mol. The molecule has 0 aromatic heterocycles. The molecule has 2 heterocycles. The summed E-state index contributed by atoms with van der Waals surface area (Å²) >= 11 is 0. The van der Waals surface area contributed by atoms with E-state index in [1.165, 1.54) is 6.42 Å². The topological polar surface area (TPSA) is 44.8 Å². The molecule has 120 valence electrons. The molecule has 0 radical (unpaired) electrons. The first kappa shape index (κ1) is 15.4. The third-order valence-corrected chi connectivity index (χ3v) is 5.77. The number of rotatable bonds is 3. The zero-order valence-electron chi connectivity index (χ0n) is 13.2. The first-order chi connectivity index (χ1) is 10.2. The summed E-state index contributed by atoms with van der Waals surface area (Å²) in [6.07, 6.45) is 8.82. The van der Waals surface area contributed by atoms with Crippen LogP contribution in [0.3, 0.4) is 0 Å². The number of hydrogen-bond acceptors (Lipinski definition) is 4. The van der Waals surface area contributed by atoms with Crippen molar-refractivity contribution in [2.24, 2.45) is 5.92 Å². The van der Waals surface area contributed by atoms with Crippen LogP contribution in [0, 0.1) is 5.92 Å². The second-order valence-electron chi connectivity index (χ2n) is 6.96. The van der Waals surface area contributed by atoms with Crippen molar-refractivity contribution in [2.75, 3.05) is 26.9 Å². The van der Waals surface area contributed by atoms with E-state index in [-0.39, 0.29) is 11.5 Å². The van der Waals surface area contributed by atoms with E-state index in [1.54, 1.807) is 7.11 Å². The molecule has 4 nitrogen and oxygen atoms in total. The van der Waals surface area contributed by atoms with Crippen LogP contribution in [0.15, 0.2) is 0 Å². The molecule has 0 bridgehead atoms. The molecule has 4 heteroatoms. The van der Waals surface area contributed by atoms with Gasteiger partial charge in [0.05, 0.1) is 5.60 Å². The number of methoxy groups -OCH3 is 1. The molecule has 1 unspecified atom stereocenters. The van der Waals surface area contributed by atoms with Crippen molar-refractivity contribution in [3.05, 3.63) is 0 Å². The van der Waals surface area contributed by atoms with Crippen molar-refractivity contribution in [2.45, 2.75) is 69.0 Å². The summed E-state index contributed by atoms with van der Waals surface area (Å²) in [5, 5.41) is 0. The van der Waals surface area contributed by atoms with Crippen LogP contribution in [-0.4, -0.2) is 43.9 Å². The lowest BCUT2D eigenvalue weighted by Crippen LogP contribution is -2.51. The predicted octanol–water partition coefficient (Wildman–Crippen LogP) is 2.88. The van der Waals surface area contributed by atoms with Gasteiger partial charge >= 0.3 is 0 Å². The van der Waals surface area contributed by atoms with Gasteiger partial charge in [0, 0.05) is 32.8 Å². The fourth-order valence-corrected chi connectivity index (χ4v) is 4.39. The largest absolute Gasteiger partial charge is 0.381 e. The zero-order chi connectivity index (χ0) is 14.8. The minimum atomic E-state index is -0.507. The fourth-order valence-electron chi connectivity index (χ4n) is 4.39. The Morgan fingerprint density at radius 1 is 1.05 bits per heavy atom. The van der Waals surface area contributed by atoms with Gasteiger partial charge in [-0.1, -0.05) is 19.3 Å². The standard InChI is InChI=1S/C17H28O4/c1-19-17(6-3-2-4-7-17)15(18)14-5-10-21-16(13-14)8-11-20-12-9-16/h14H,2-13H2,1H3. The summed E-state index contributed by atoms with van der Waals surface area (Å²) < 4.78 is 17.3. The second-order valence-corrected chi connectivity index (χ2v) is 6.96. The Kier molecular flexibility index (Phi) is 4.67. The third-order valence-electron chi connectivity index (χ3n) is 5.77. The van der Waals surface area contributed by atoms with Gasteiger partial charge in [0.15, 0.2) is 5.78 Å². The van der Waals surface area contributed by atoms with Crippen molar-refractivity contribution < 1.29 is 19.0 Å². The summed E-state index contributed by atoms with van der Waals surface area (Å²) in [7, 11) is 1.72. The summed E-state index contributed by atoms with van der Waals surface area (Å²) in [5.41, 5.74) is -0.618. The Morgan fingerprint density at radius 2 is 1.76 bits per heavy atom. The number of carbonyl (C=O) groups is 1. The normalized spacial score (nSPS) is 32.0. The zero-order valence-corrected chi connectivity index (χ0v) is 13.2. The van der Waals surface area contributed by atoms with Crippen molar-refractivity contribution in [1.29, 1.82) is 0 Å². The molecule has 1 atom stereocenters. The van der Waals surface area contributed by atoms with Crippen molar-refractivity contribution in [3.8, 4) is 0 Å². The third kappa shape index (κ3) is 3.03. The molecular formula is C17H28O4. The van der Waals surface area contributed by atoms with E-state index in [9.17, 15) is 4.79 Å². The quantitative estimate of drug-likeness (QED) is 0.803. The van der Waals surface area contributed by atoms with Gasteiger partial charge in [-0.05, 0) is 38.5 Å². The summed E-state index contributed by atoms with van der Waals surface area (Å²) in [6, 6.07) is 0. The van der Waals surface area contributed by atoms with Gasteiger partial charge in [-0.25, -0.2) is 0 Å². The maximum absolute atomic E-state index is 13.1. The van der Waals surface area contributed by atoms with Crippen LogP contribution in [0.4, 0.5) is 0 Å². The van der Waals surface area contributed by atoms with E-state index >= 15 is 0 Å². The van der Waals surface area contributed by atoms with Crippen LogP contribution in [-0.2, 0) is 19.0 Å². The maximum atomic E-state index is 13.1. The minimum absolute atomic E-state index is 0.106. The summed E-state index contributed by atoms with van der Waals surface area (Å²) in [4.78, 5) is 13.1. The molecule has 1 saturated carbocycles. The first-order valence-corrected chi connectivity index (χ1v) is 8.51. The molecular weight excluding hydrogens is 268 g/mol. The van der Waals surface area contributed by atoms with Gasteiger partial charge in [-0.2, -0.15) is 0 Å². The molecule has 0 N–H and O–H groups in total. The van der Waals surface area contributed by atoms with Crippen LogP contribution in [0.5, 0.6) is 0 Å². The number of ether oxygens (including phenoxy) is 3. The monoisotopic (exact) mass is 296 g/mol. The lowest BCUT2D eigenvalue weighted by atomic mass is 9.71. The van der Waals surface area contributed by atoms with E-state index in [0.29, 0.717) is 12.4 Å². The van der Waals surface area contributed by atoms with Crippen LogP contribution in [0.2, 0.25) is 0 Å². The van der Waals surface area contributed by atoms with E-state index in [2.05, 4.69) is 0 Å². The number of hydrogen-bond donors (Lipinski definition) is 0.